The van der Waals surface area contributed by atoms with Gasteiger partial charge in [0.1, 0.15) is 5.65 Å². The molecule has 0 spiro atoms. The van der Waals surface area contributed by atoms with Crippen LogP contribution in [0.3, 0.4) is 0 Å². The monoisotopic (exact) mass is 253 g/mol. The molecule has 0 aliphatic heterocycles. The van der Waals surface area contributed by atoms with Crippen LogP contribution in [-0.4, -0.2) is 21.3 Å². The van der Waals surface area contributed by atoms with Gasteiger partial charge in [0, 0.05) is 30.8 Å². The molecule has 0 saturated carbocycles. The number of nitrogens with zero attached hydrogens (tertiary/aromatic N) is 2. The molecule has 3 nitrogen and oxygen atoms in total. The van der Waals surface area contributed by atoms with Gasteiger partial charge in [-0.1, -0.05) is 22.0 Å². The van der Waals surface area contributed by atoms with Gasteiger partial charge in [-0.15, -0.1) is 0 Å². The lowest BCUT2D eigenvalue weighted by Gasteiger charge is -1.96. The van der Waals surface area contributed by atoms with Crippen LogP contribution in [-0.2, 0) is 6.54 Å². The van der Waals surface area contributed by atoms with Crippen molar-refractivity contribution in [3.05, 3.63) is 36.3 Å². The van der Waals surface area contributed by atoms with Crippen molar-refractivity contribution in [2.24, 2.45) is 0 Å². The molecule has 0 radical (unpaired) electrons. The Morgan fingerprint density at radius 2 is 2.36 bits per heavy atom. The van der Waals surface area contributed by atoms with Gasteiger partial charge < -0.3 is 9.72 Å². The summed E-state index contributed by atoms with van der Waals surface area (Å²) >= 11 is 3.37. The van der Waals surface area contributed by atoms with Crippen molar-refractivity contribution in [1.82, 2.24) is 14.7 Å². The highest BCUT2D eigenvalue weighted by molar-refractivity contribution is 9.09. The average molecular weight is 254 g/mol. The first-order chi connectivity index (χ1) is 6.90. The van der Waals surface area contributed by atoms with E-state index in [9.17, 15) is 0 Å². The summed E-state index contributed by atoms with van der Waals surface area (Å²) in [5, 5.41) is 4.26. The van der Waals surface area contributed by atoms with Crippen LogP contribution in [0.25, 0.3) is 5.65 Å². The van der Waals surface area contributed by atoms with Gasteiger partial charge in [0.2, 0.25) is 0 Å². The van der Waals surface area contributed by atoms with Crippen molar-refractivity contribution >= 4 is 21.6 Å². The van der Waals surface area contributed by atoms with Crippen LogP contribution in [0.4, 0.5) is 0 Å². The number of halogens is 1. The van der Waals surface area contributed by atoms with Crippen molar-refractivity contribution in [3.8, 4) is 0 Å². The zero-order chi connectivity index (χ0) is 9.80. The summed E-state index contributed by atoms with van der Waals surface area (Å²) in [5.41, 5.74) is 2.08. The number of imidazole rings is 1. The van der Waals surface area contributed by atoms with Crippen molar-refractivity contribution in [3.63, 3.8) is 0 Å². The first-order valence-electron chi connectivity index (χ1n) is 4.59. The lowest BCUT2D eigenvalue weighted by atomic mass is 10.5. The zero-order valence-corrected chi connectivity index (χ0v) is 9.37. The lowest BCUT2D eigenvalue weighted by molar-refractivity contribution is 0.721. The molecular formula is C10H12BrN3. The molecule has 1 N–H and O–H groups in total. The number of rotatable bonds is 4. The zero-order valence-electron chi connectivity index (χ0n) is 7.78. The molecule has 0 fully saturated rings. The third kappa shape index (κ3) is 2.13. The molecule has 74 valence electrons. The van der Waals surface area contributed by atoms with Crippen LogP contribution < -0.4 is 5.32 Å². The second kappa shape index (κ2) is 4.57. The Hall–Kier alpha value is -0.870. The van der Waals surface area contributed by atoms with E-state index in [1.807, 2.05) is 28.8 Å². The van der Waals surface area contributed by atoms with Crippen molar-refractivity contribution < 1.29 is 0 Å². The van der Waals surface area contributed by atoms with Crippen LogP contribution in [0.2, 0.25) is 0 Å². The van der Waals surface area contributed by atoms with Crippen LogP contribution in [0.15, 0.2) is 30.6 Å². The molecule has 0 bridgehead atoms. The average Bonchev–Trinajstić information content (AvgIpc) is 2.60. The van der Waals surface area contributed by atoms with Gasteiger partial charge in [-0.25, -0.2) is 4.98 Å². The molecule has 4 heteroatoms. The van der Waals surface area contributed by atoms with Gasteiger partial charge in [0.25, 0.3) is 0 Å². The van der Waals surface area contributed by atoms with Gasteiger partial charge in [0.05, 0.1) is 5.69 Å². The van der Waals surface area contributed by atoms with Crippen molar-refractivity contribution in [1.29, 1.82) is 0 Å². The minimum absolute atomic E-state index is 0.827. The number of hydrogen-bond acceptors (Lipinski definition) is 2. The van der Waals surface area contributed by atoms with Gasteiger partial charge in [-0.05, 0) is 12.1 Å². The Morgan fingerprint density at radius 1 is 1.43 bits per heavy atom. The van der Waals surface area contributed by atoms with Crippen molar-refractivity contribution in [2.75, 3.05) is 11.9 Å². The fraction of sp³-hybridized carbons (Fsp3) is 0.300. The van der Waals surface area contributed by atoms with E-state index in [4.69, 9.17) is 0 Å². The molecule has 2 heterocycles. The lowest BCUT2D eigenvalue weighted by Crippen LogP contribution is -2.15. The predicted octanol–water partition coefficient (Wildman–Crippen LogP) is 1.82. The summed E-state index contributed by atoms with van der Waals surface area (Å²) in [6.45, 7) is 1.79. The molecule has 0 amide bonds. The molecule has 14 heavy (non-hydrogen) atoms. The first-order valence-corrected chi connectivity index (χ1v) is 5.71. The second-order valence-electron chi connectivity index (χ2n) is 3.06. The number of fused-ring (bicyclic) bond motifs is 1. The first kappa shape index (κ1) is 9.68. The molecule has 0 aromatic carbocycles. The predicted molar refractivity (Wildman–Crippen MR) is 60.7 cm³/mol. The number of aromatic nitrogens is 2. The number of alkyl halides is 1. The Bertz CT molecular complexity index is 377. The number of nitrogens with one attached hydrogen (secondary N) is 1. The van der Waals surface area contributed by atoms with E-state index in [1.165, 1.54) is 0 Å². The summed E-state index contributed by atoms with van der Waals surface area (Å²) in [5.74, 6) is 0. The summed E-state index contributed by atoms with van der Waals surface area (Å²) < 4.78 is 2.03. The second-order valence-corrected chi connectivity index (χ2v) is 3.86. The Morgan fingerprint density at radius 3 is 3.14 bits per heavy atom. The SMILES string of the molecule is BrCCNCc1cn2ccccc2n1. The standard InChI is InChI=1S/C10H12BrN3/c11-4-5-12-7-9-8-14-6-2-1-3-10(14)13-9/h1-3,6,8,12H,4-5,7H2. The van der Waals surface area contributed by atoms with Gasteiger partial charge in [-0.3, -0.25) is 0 Å². The highest BCUT2D eigenvalue weighted by Gasteiger charge is 1.98. The molecule has 2 aromatic heterocycles. The van der Waals surface area contributed by atoms with E-state index in [0.29, 0.717) is 0 Å². The smallest absolute Gasteiger partial charge is 0.137 e. The molecule has 0 aliphatic rings. The summed E-state index contributed by atoms with van der Waals surface area (Å²) in [4.78, 5) is 4.47. The Labute approximate surface area is 91.3 Å². The quantitative estimate of drug-likeness (QED) is 0.666. The van der Waals surface area contributed by atoms with E-state index in [-0.39, 0.29) is 0 Å². The molecule has 0 aliphatic carbocycles. The molecule has 2 aromatic rings. The van der Waals surface area contributed by atoms with Gasteiger partial charge in [0.15, 0.2) is 0 Å². The van der Waals surface area contributed by atoms with Crippen LogP contribution in [0.5, 0.6) is 0 Å². The van der Waals surface area contributed by atoms with E-state index in [1.54, 1.807) is 0 Å². The molecule has 2 rings (SSSR count). The maximum Gasteiger partial charge on any atom is 0.137 e. The van der Waals surface area contributed by atoms with E-state index in [2.05, 4.69) is 32.4 Å². The topological polar surface area (TPSA) is 29.3 Å². The van der Waals surface area contributed by atoms with Gasteiger partial charge in [-0.2, -0.15) is 0 Å². The normalized spacial score (nSPS) is 10.9. The third-order valence-electron chi connectivity index (χ3n) is 1.99. The fourth-order valence-corrected chi connectivity index (χ4v) is 1.64. The van der Waals surface area contributed by atoms with Crippen LogP contribution in [0.1, 0.15) is 5.69 Å². The summed E-state index contributed by atoms with van der Waals surface area (Å²) in [6, 6.07) is 6.01. The molecular weight excluding hydrogens is 242 g/mol. The molecule has 0 saturated heterocycles. The highest BCUT2D eigenvalue weighted by Crippen LogP contribution is 2.03. The maximum atomic E-state index is 4.47. The summed E-state index contributed by atoms with van der Waals surface area (Å²) in [7, 11) is 0. The minimum Gasteiger partial charge on any atom is -0.310 e. The van der Waals surface area contributed by atoms with Crippen molar-refractivity contribution in [2.45, 2.75) is 6.54 Å². The fourth-order valence-electron chi connectivity index (χ4n) is 1.36. The van der Waals surface area contributed by atoms with E-state index < -0.39 is 0 Å². The minimum atomic E-state index is 0.827. The largest absolute Gasteiger partial charge is 0.310 e. The van der Waals surface area contributed by atoms with Gasteiger partial charge >= 0.3 is 0 Å². The third-order valence-corrected chi connectivity index (χ3v) is 2.39. The highest BCUT2D eigenvalue weighted by atomic mass is 79.9. The van der Waals surface area contributed by atoms with Crippen LogP contribution >= 0.6 is 15.9 Å². The van der Waals surface area contributed by atoms with E-state index in [0.717, 1.165) is 29.8 Å². The number of pyridine rings is 1. The van der Waals surface area contributed by atoms with E-state index >= 15 is 0 Å². The number of hydrogen-bond donors (Lipinski definition) is 1. The maximum absolute atomic E-state index is 4.47. The molecule has 0 unspecified atom stereocenters. The van der Waals surface area contributed by atoms with Crippen LogP contribution in [0, 0.1) is 0 Å². The molecule has 0 atom stereocenters. The Balaban J connectivity index is 2.11. The Kier molecular flexibility index (Phi) is 3.16. The summed E-state index contributed by atoms with van der Waals surface area (Å²) in [6.07, 6.45) is 4.06.